The number of nitrogens with zero attached hydrogens (tertiary/aromatic N) is 2. The SMILES string of the molecule is CCN1C(C)=CC(=C2C(=O)c3ccccc3C2=O)C=C1C=Cc1ccc(N(CCO)CCO)cc1C. The van der Waals surface area contributed by atoms with E-state index in [1.54, 1.807) is 24.3 Å². The van der Waals surface area contributed by atoms with E-state index in [1.165, 1.54) is 0 Å². The van der Waals surface area contributed by atoms with Crippen molar-refractivity contribution in [1.82, 2.24) is 4.90 Å². The smallest absolute Gasteiger partial charge is 0.198 e. The summed E-state index contributed by atoms with van der Waals surface area (Å²) < 4.78 is 0. The van der Waals surface area contributed by atoms with Gasteiger partial charge in [-0.15, -0.1) is 0 Å². The molecule has 0 saturated heterocycles. The Hall–Kier alpha value is -3.74. The quantitative estimate of drug-likeness (QED) is 0.430. The van der Waals surface area contributed by atoms with Crippen molar-refractivity contribution in [2.24, 2.45) is 0 Å². The van der Waals surface area contributed by atoms with Gasteiger partial charge in [0.25, 0.3) is 0 Å². The first kappa shape index (κ1) is 25.4. The van der Waals surface area contributed by atoms with E-state index in [0.29, 0.717) is 29.8 Å². The van der Waals surface area contributed by atoms with Gasteiger partial charge in [0.2, 0.25) is 0 Å². The number of aliphatic hydroxyl groups excluding tert-OH is 2. The lowest BCUT2D eigenvalue weighted by molar-refractivity contribution is 0.0987. The van der Waals surface area contributed by atoms with Crippen LogP contribution in [0.2, 0.25) is 0 Å². The fourth-order valence-electron chi connectivity index (χ4n) is 4.84. The summed E-state index contributed by atoms with van der Waals surface area (Å²) >= 11 is 0. The van der Waals surface area contributed by atoms with Gasteiger partial charge in [-0.2, -0.15) is 0 Å². The highest BCUT2D eigenvalue weighted by Crippen LogP contribution is 2.33. The average Bonchev–Trinajstić information content (AvgIpc) is 3.12. The second kappa shape index (κ2) is 10.9. The summed E-state index contributed by atoms with van der Waals surface area (Å²) in [5.41, 5.74) is 6.71. The van der Waals surface area contributed by atoms with Gasteiger partial charge in [-0.3, -0.25) is 9.59 Å². The third-order valence-electron chi connectivity index (χ3n) is 6.67. The summed E-state index contributed by atoms with van der Waals surface area (Å²) in [6, 6.07) is 13.0. The Balaban J connectivity index is 1.68. The van der Waals surface area contributed by atoms with Gasteiger partial charge in [0.05, 0.1) is 18.8 Å². The van der Waals surface area contributed by atoms with E-state index in [9.17, 15) is 19.8 Å². The molecule has 1 heterocycles. The number of allylic oxidation sites excluding steroid dienone is 6. The Morgan fingerprint density at radius 2 is 1.53 bits per heavy atom. The van der Waals surface area contributed by atoms with Gasteiger partial charge in [0.15, 0.2) is 11.6 Å². The van der Waals surface area contributed by atoms with Crippen LogP contribution in [0, 0.1) is 6.92 Å². The van der Waals surface area contributed by atoms with Crippen molar-refractivity contribution in [3.8, 4) is 0 Å². The molecule has 2 aliphatic rings. The maximum atomic E-state index is 13.1. The van der Waals surface area contributed by atoms with Crippen LogP contribution in [0.4, 0.5) is 5.69 Å². The van der Waals surface area contributed by atoms with E-state index in [2.05, 4.69) is 11.8 Å². The highest BCUT2D eigenvalue weighted by Gasteiger charge is 2.35. The number of hydrogen-bond acceptors (Lipinski definition) is 6. The molecular formula is C30H32N2O4. The number of hydrogen-bond donors (Lipinski definition) is 2. The maximum Gasteiger partial charge on any atom is 0.198 e. The molecule has 186 valence electrons. The Bertz CT molecular complexity index is 1270. The van der Waals surface area contributed by atoms with E-state index in [4.69, 9.17) is 0 Å². The highest BCUT2D eigenvalue weighted by molar-refractivity contribution is 6.40. The fourth-order valence-corrected chi connectivity index (χ4v) is 4.84. The standard InChI is InChI=1S/C30H32N2O4/c1-4-32-21(3)18-23(28-29(35)26-7-5-6-8-27(26)30(28)36)19-25(32)12-10-22-9-11-24(17-20(22)2)31(13-15-33)14-16-34/h5-12,17-19,33-34H,4,13-16H2,1-3H3. The van der Waals surface area contributed by atoms with Gasteiger partial charge in [0, 0.05) is 47.8 Å². The summed E-state index contributed by atoms with van der Waals surface area (Å²) in [4.78, 5) is 30.2. The molecule has 2 N–H and O–H groups in total. The number of benzene rings is 2. The lowest BCUT2D eigenvalue weighted by atomic mass is 9.98. The summed E-state index contributed by atoms with van der Waals surface area (Å²) in [6.07, 6.45) is 7.87. The van der Waals surface area contributed by atoms with Gasteiger partial charge in [-0.1, -0.05) is 36.4 Å². The zero-order valence-electron chi connectivity index (χ0n) is 21.0. The lowest BCUT2D eigenvalue weighted by Gasteiger charge is -2.29. The summed E-state index contributed by atoms with van der Waals surface area (Å²) in [5, 5.41) is 18.7. The van der Waals surface area contributed by atoms with Crippen LogP contribution in [-0.4, -0.2) is 59.5 Å². The highest BCUT2D eigenvalue weighted by atomic mass is 16.3. The van der Waals surface area contributed by atoms with Crippen molar-refractivity contribution in [3.63, 3.8) is 0 Å². The van der Waals surface area contributed by atoms with Gasteiger partial charge in [0.1, 0.15) is 0 Å². The monoisotopic (exact) mass is 484 g/mol. The van der Waals surface area contributed by atoms with Gasteiger partial charge < -0.3 is 20.0 Å². The molecule has 1 aliphatic heterocycles. The second-order valence-corrected chi connectivity index (χ2v) is 8.94. The second-order valence-electron chi connectivity index (χ2n) is 8.94. The predicted octanol–water partition coefficient (Wildman–Crippen LogP) is 4.30. The average molecular weight is 485 g/mol. The van der Waals surface area contributed by atoms with Crippen molar-refractivity contribution in [2.75, 3.05) is 37.7 Å². The van der Waals surface area contributed by atoms with Crippen LogP contribution >= 0.6 is 0 Å². The molecule has 0 aromatic heterocycles. The molecule has 0 atom stereocenters. The fraction of sp³-hybridized carbons (Fsp3) is 0.267. The van der Waals surface area contributed by atoms with Gasteiger partial charge >= 0.3 is 0 Å². The van der Waals surface area contributed by atoms with E-state index in [0.717, 1.165) is 34.8 Å². The van der Waals surface area contributed by atoms with Crippen LogP contribution in [0.25, 0.3) is 6.08 Å². The molecule has 6 heteroatoms. The molecule has 36 heavy (non-hydrogen) atoms. The van der Waals surface area contributed by atoms with Crippen molar-refractivity contribution < 1.29 is 19.8 Å². The summed E-state index contributed by atoms with van der Waals surface area (Å²) in [5.74, 6) is -0.443. The number of aryl methyl sites for hydroxylation is 1. The molecular weight excluding hydrogens is 452 g/mol. The topological polar surface area (TPSA) is 81.1 Å². The number of aliphatic hydroxyl groups is 2. The number of ketones is 2. The van der Waals surface area contributed by atoms with Crippen molar-refractivity contribution in [3.05, 3.63) is 105 Å². The van der Waals surface area contributed by atoms with Gasteiger partial charge in [-0.05, 0) is 67.8 Å². The zero-order chi connectivity index (χ0) is 25.8. The molecule has 0 fully saturated rings. The predicted molar refractivity (Wildman–Crippen MR) is 143 cm³/mol. The number of anilines is 1. The molecule has 0 radical (unpaired) electrons. The van der Waals surface area contributed by atoms with E-state index < -0.39 is 0 Å². The number of likely N-dealkylation sites (N-methyl/N-ethyl adjacent to an activating group) is 1. The van der Waals surface area contributed by atoms with Crippen LogP contribution in [0.5, 0.6) is 0 Å². The number of Topliss-reactive ketones (excluding diaryl/α,β-unsaturated/α-hetero) is 2. The van der Waals surface area contributed by atoms with Crippen molar-refractivity contribution in [2.45, 2.75) is 20.8 Å². The number of carbonyl (C=O) groups excluding carboxylic acids is 2. The number of fused-ring (bicyclic) bond motifs is 1. The zero-order valence-corrected chi connectivity index (χ0v) is 21.0. The minimum absolute atomic E-state index is 0.0164. The maximum absolute atomic E-state index is 13.1. The third-order valence-corrected chi connectivity index (χ3v) is 6.67. The van der Waals surface area contributed by atoms with E-state index in [-0.39, 0.29) is 30.4 Å². The van der Waals surface area contributed by atoms with Crippen molar-refractivity contribution >= 4 is 23.3 Å². The minimum Gasteiger partial charge on any atom is -0.395 e. The summed E-state index contributed by atoms with van der Waals surface area (Å²) in [7, 11) is 0. The van der Waals surface area contributed by atoms with Crippen LogP contribution < -0.4 is 4.90 Å². The molecule has 0 spiro atoms. The molecule has 0 unspecified atom stereocenters. The first-order chi connectivity index (χ1) is 17.4. The Labute approximate surface area is 212 Å². The third kappa shape index (κ3) is 4.83. The molecule has 1 aliphatic carbocycles. The van der Waals surface area contributed by atoms with Crippen LogP contribution in [-0.2, 0) is 0 Å². The normalized spacial score (nSPS) is 15.5. The molecule has 0 bridgehead atoms. The Kier molecular flexibility index (Phi) is 7.67. The van der Waals surface area contributed by atoms with Crippen LogP contribution in [0.1, 0.15) is 45.7 Å². The summed E-state index contributed by atoms with van der Waals surface area (Å²) in [6.45, 7) is 7.77. The van der Waals surface area contributed by atoms with Crippen molar-refractivity contribution in [1.29, 1.82) is 0 Å². The van der Waals surface area contributed by atoms with E-state index in [1.807, 2.05) is 61.3 Å². The van der Waals surface area contributed by atoms with Gasteiger partial charge in [-0.25, -0.2) is 0 Å². The largest absolute Gasteiger partial charge is 0.395 e. The lowest BCUT2D eigenvalue weighted by Crippen LogP contribution is -2.29. The Morgan fingerprint density at radius 1 is 0.889 bits per heavy atom. The molecule has 0 saturated carbocycles. The molecule has 2 aromatic carbocycles. The van der Waals surface area contributed by atoms with Crippen LogP contribution in [0.3, 0.4) is 0 Å². The number of carbonyl (C=O) groups is 2. The first-order valence-corrected chi connectivity index (χ1v) is 12.2. The van der Waals surface area contributed by atoms with Crippen LogP contribution in [0.15, 0.2) is 83.2 Å². The molecule has 2 aromatic rings. The Morgan fingerprint density at radius 3 is 2.08 bits per heavy atom. The minimum atomic E-state index is -0.221. The molecule has 0 amide bonds. The first-order valence-electron chi connectivity index (χ1n) is 12.2. The van der Waals surface area contributed by atoms with E-state index >= 15 is 0 Å². The number of rotatable bonds is 8. The molecule has 4 rings (SSSR count). The molecule has 6 nitrogen and oxygen atoms in total.